The molecule has 2 aromatic rings. The molecule has 4 rings (SSSR count). The lowest BCUT2D eigenvalue weighted by molar-refractivity contribution is -0.138. The minimum Gasteiger partial charge on any atom is -0.490 e. The van der Waals surface area contributed by atoms with Gasteiger partial charge in [-0.05, 0) is 55.3 Å². The molecule has 4 N–H and O–H groups in total. The number of hydrogen-bond donors (Lipinski definition) is 3. The lowest BCUT2D eigenvalue weighted by Crippen LogP contribution is -2.44. The van der Waals surface area contributed by atoms with E-state index in [0.29, 0.717) is 22.6 Å². The number of amides is 2. The molecule has 36 heavy (non-hydrogen) atoms. The van der Waals surface area contributed by atoms with Gasteiger partial charge in [0.2, 0.25) is 0 Å². The summed E-state index contributed by atoms with van der Waals surface area (Å²) in [7, 11) is 0. The zero-order valence-corrected chi connectivity index (χ0v) is 19.9. The second-order valence-corrected chi connectivity index (χ2v) is 9.03. The van der Waals surface area contributed by atoms with Crippen LogP contribution < -0.4 is 15.4 Å². The number of anilines is 1. The molecule has 10 nitrogen and oxygen atoms in total. The molecule has 2 amide bonds. The van der Waals surface area contributed by atoms with Gasteiger partial charge in [0.15, 0.2) is 6.10 Å². The van der Waals surface area contributed by atoms with E-state index < -0.39 is 18.2 Å². The first-order valence-electron chi connectivity index (χ1n) is 12.0. The Morgan fingerprint density at radius 2 is 1.83 bits per heavy atom. The number of cyclic esters (lactones) is 1. The van der Waals surface area contributed by atoms with Crippen LogP contribution in [0.1, 0.15) is 48.0 Å². The molecule has 1 unspecified atom stereocenters. The molecule has 1 aliphatic carbocycles. The van der Waals surface area contributed by atoms with Crippen molar-refractivity contribution in [1.29, 1.82) is 5.41 Å². The Balaban J connectivity index is 1.38. The van der Waals surface area contributed by atoms with Crippen molar-refractivity contribution in [1.82, 2.24) is 4.90 Å². The number of carboxylic acids is 1. The molecule has 190 valence electrons. The molecule has 0 aromatic heterocycles. The van der Waals surface area contributed by atoms with Crippen LogP contribution in [0.25, 0.3) is 0 Å². The summed E-state index contributed by atoms with van der Waals surface area (Å²) in [4.78, 5) is 39.9. The molecule has 1 saturated heterocycles. The number of rotatable bonds is 9. The summed E-state index contributed by atoms with van der Waals surface area (Å²) in [6.07, 6.45) is 3.65. The second-order valence-electron chi connectivity index (χ2n) is 9.03. The van der Waals surface area contributed by atoms with Crippen LogP contribution in [0.3, 0.4) is 0 Å². The van der Waals surface area contributed by atoms with Crippen molar-refractivity contribution < 1.29 is 29.0 Å². The molecule has 10 heteroatoms. The molecule has 1 atom stereocenters. The third kappa shape index (κ3) is 5.94. The summed E-state index contributed by atoms with van der Waals surface area (Å²) in [6.45, 7) is 0.0354. The Hall–Kier alpha value is -4.08. The number of nitrogens with two attached hydrogens (primary N) is 1. The van der Waals surface area contributed by atoms with E-state index in [4.69, 9.17) is 20.6 Å². The van der Waals surface area contributed by atoms with Crippen LogP contribution >= 0.6 is 0 Å². The summed E-state index contributed by atoms with van der Waals surface area (Å²) < 4.78 is 11.3. The van der Waals surface area contributed by atoms with Crippen molar-refractivity contribution in [2.75, 3.05) is 24.6 Å². The first kappa shape index (κ1) is 25.0. The normalized spacial score (nSPS) is 17.9. The third-order valence-electron chi connectivity index (χ3n) is 6.46. The summed E-state index contributed by atoms with van der Waals surface area (Å²) in [5.41, 5.74) is 7.02. The lowest BCUT2D eigenvalue weighted by Gasteiger charge is -2.33. The van der Waals surface area contributed by atoms with E-state index in [2.05, 4.69) is 0 Å². The minimum atomic E-state index is -1.04. The molecule has 2 aromatic carbocycles. The fraction of sp³-hybridized carbons (Fsp3) is 0.385. The van der Waals surface area contributed by atoms with E-state index in [1.165, 1.54) is 9.80 Å². The maximum absolute atomic E-state index is 13.2. The molecule has 0 spiro atoms. The molecule has 2 fully saturated rings. The summed E-state index contributed by atoms with van der Waals surface area (Å²) >= 11 is 0. The van der Waals surface area contributed by atoms with Gasteiger partial charge in [0.25, 0.3) is 5.91 Å². The number of amidine groups is 1. The van der Waals surface area contributed by atoms with Gasteiger partial charge in [-0.3, -0.25) is 19.9 Å². The van der Waals surface area contributed by atoms with Gasteiger partial charge in [0.1, 0.15) is 24.7 Å². The largest absolute Gasteiger partial charge is 0.490 e. The van der Waals surface area contributed by atoms with Gasteiger partial charge in [-0.1, -0.05) is 25.3 Å². The van der Waals surface area contributed by atoms with Crippen LogP contribution in [0.5, 0.6) is 5.75 Å². The SMILES string of the molecule is N=C(N)c1ccc(N2CC(COc3cccc(C(=O)N(CC(=O)O)C4CCCCC4)c3)OC2=O)cc1. The van der Waals surface area contributed by atoms with Crippen LogP contribution in [-0.2, 0) is 9.53 Å². The van der Waals surface area contributed by atoms with Crippen molar-refractivity contribution in [2.45, 2.75) is 44.2 Å². The van der Waals surface area contributed by atoms with Crippen LogP contribution in [0.15, 0.2) is 48.5 Å². The molecule has 1 aliphatic heterocycles. The number of carbonyl (C=O) groups is 3. The number of benzene rings is 2. The number of nitrogens with one attached hydrogen (secondary N) is 1. The van der Waals surface area contributed by atoms with Gasteiger partial charge in [-0.2, -0.15) is 0 Å². The monoisotopic (exact) mass is 494 g/mol. The van der Waals surface area contributed by atoms with Crippen LogP contribution in [-0.4, -0.2) is 65.7 Å². The van der Waals surface area contributed by atoms with E-state index in [0.717, 1.165) is 32.1 Å². The zero-order valence-electron chi connectivity index (χ0n) is 19.9. The van der Waals surface area contributed by atoms with Crippen molar-refractivity contribution in [3.8, 4) is 5.75 Å². The van der Waals surface area contributed by atoms with E-state index in [1.807, 2.05) is 0 Å². The average molecular weight is 495 g/mol. The van der Waals surface area contributed by atoms with Crippen LogP contribution in [0, 0.1) is 5.41 Å². The van der Waals surface area contributed by atoms with Gasteiger partial charge < -0.3 is 25.2 Å². The molecule has 0 bridgehead atoms. The summed E-state index contributed by atoms with van der Waals surface area (Å²) in [5.74, 6) is -0.991. The quantitative estimate of drug-likeness (QED) is 0.358. The third-order valence-corrected chi connectivity index (χ3v) is 6.46. The number of hydrogen-bond acceptors (Lipinski definition) is 6. The number of carbonyl (C=O) groups excluding carboxylic acids is 2. The average Bonchev–Trinajstić information content (AvgIpc) is 3.26. The molecular formula is C26H30N4O6. The van der Waals surface area contributed by atoms with E-state index in [-0.39, 0.29) is 37.5 Å². The Kier molecular flexibility index (Phi) is 7.72. The number of ether oxygens (including phenoxy) is 2. The Morgan fingerprint density at radius 1 is 1.11 bits per heavy atom. The Bertz CT molecular complexity index is 1130. The van der Waals surface area contributed by atoms with E-state index >= 15 is 0 Å². The van der Waals surface area contributed by atoms with E-state index in [9.17, 15) is 19.5 Å². The molecule has 0 radical (unpaired) electrons. The maximum atomic E-state index is 13.2. The molecule has 1 saturated carbocycles. The molecule has 1 heterocycles. The predicted molar refractivity (Wildman–Crippen MR) is 133 cm³/mol. The second kappa shape index (κ2) is 11.1. The fourth-order valence-corrected chi connectivity index (χ4v) is 4.62. The number of nitrogens with zero attached hydrogens (tertiary/aromatic N) is 2. The number of nitrogen functional groups attached to an aromatic ring is 1. The first-order chi connectivity index (χ1) is 17.3. The molecule has 2 aliphatic rings. The van der Waals surface area contributed by atoms with Gasteiger partial charge in [-0.25, -0.2) is 4.79 Å². The highest BCUT2D eigenvalue weighted by atomic mass is 16.6. The van der Waals surface area contributed by atoms with Gasteiger partial charge in [0, 0.05) is 22.9 Å². The Morgan fingerprint density at radius 3 is 2.50 bits per heavy atom. The minimum absolute atomic E-state index is 0.0534. The topological polar surface area (TPSA) is 146 Å². The van der Waals surface area contributed by atoms with Crippen LogP contribution in [0.4, 0.5) is 10.5 Å². The number of carboxylic acid groups (broad SMARTS) is 1. The Labute approximate surface area is 209 Å². The standard InChI is InChI=1S/C26H30N4O6/c27-24(28)17-9-11-20(12-10-17)30-14-22(36-26(30)34)16-35-21-8-4-5-18(13-21)25(33)29(15-23(31)32)19-6-2-1-3-7-19/h4-5,8-13,19,22H,1-3,6-7,14-16H2,(H3,27,28)(H,31,32). The fourth-order valence-electron chi connectivity index (χ4n) is 4.62. The van der Waals surface area contributed by atoms with Crippen molar-refractivity contribution in [3.05, 3.63) is 59.7 Å². The highest BCUT2D eigenvalue weighted by molar-refractivity contribution is 5.97. The van der Waals surface area contributed by atoms with E-state index in [1.54, 1.807) is 48.5 Å². The highest BCUT2D eigenvalue weighted by Crippen LogP contribution is 2.26. The molecular weight excluding hydrogens is 464 g/mol. The summed E-state index contributed by atoms with van der Waals surface area (Å²) in [6, 6.07) is 13.3. The lowest BCUT2D eigenvalue weighted by atomic mass is 9.93. The van der Waals surface area contributed by atoms with Crippen molar-refractivity contribution in [3.63, 3.8) is 0 Å². The van der Waals surface area contributed by atoms with Gasteiger partial charge >= 0.3 is 12.1 Å². The van der Waals surface area contributed by atoms with Gasteiger partial charge in [0.05, 0.1) is 6.54 Å². The van der Waals surface area contributed by atoms with Crippen LogP contribution in [0.2, 0.25) is 0 Å². The zero-order chi connectivity index (χ0) is 25.7. The highest BCUT2D eigenvalue weighted by Gasteiger charge is 2.33. The van der Waals surface area contributed by atoms with Crippen molar-refractivity contribution in [2.24, 2.45) is 5.73 Å². The first-order valence-corrected chi connectivity index (χ1v) is 12.0. The predicted octanol–water partition coefficient (Wildman–Crippen LogP) is 3.23. The van der Waals surface area contributed by atoms with Crippen molar-refractivity contribution >= 4 is 29.5 Å². The van der Waals surface area contributed by atoms with Gasteiger partial charge in [-0.15, -0.1) is 0 Å². The number of aliphatic carboxylic acids is 1. The maximum Gasteiger partial charge on any atom is 0.414 e. The summed E-state index contributed by atoms with van der Waals surface area (Å²) in [5, 5.41) is 16.8. The smallest absolute Gasteiger partial charge is 0.414 e.